The lowest BCUT2D eigenvalue weighted by molar-refractivity contribution is 0.274. The van der Waals surface area contributed by atoms with Crippen molar-refractivity contribution < 1.29 is 4.42 Å². The number of benzene rings is 1. The highest BCUT2D eigenvalue weighted by molar-refractivity contribution is 9.10. The van der Waals surface area contributed by atoms with Gasteiger partial charge in [-0.25, -0.2) is 4.98 Å². The fourth-order valence-electron chi connectivity index (χ4n) is 4.33. The Kier molecular flexibility index (Phi) is 8.35. The van der Waals surface area contributed by atoms with Crippen molar-refractivity contribution in [3.8, 4) is 0 Å². The second-order valence-corrected chi connectivity index (χ2v) is 10.7. The van der Waals surface area contributed by atoms with Crippen LogP contribution in [0.15, 0.2) is 38.1 Å². The standard InChI is InChI=1S/C25H29BrClN3O2.C2H6/c1-14-12-17(16(3)28-19-6-7-20(27)29-23(19)26)22-18(13-14)21(31)15(2)24(32-22)30-10-8-25(4,5)9-11-30;1-2/h6-7,12-13,16,28H,8-11H2,1-5H3;1-2H3. The number of nitrogens with one attached hydrogen (secondary N) is 1. The third-order valence-corrected chi connectivity index (χ3v) is 7.24. The fourth-order valence-corrected chi connectivity index (χ4v) is 5.01. The molecule has 1 N–H and O–H groups in total. The number of piperidine rings is 1. The van der Waals surface area contributed by atoms with Crippen molar-refractivity contribution in [3.05, 3.63) is 60.9 Å². The maximum atomic E-state index is 13.4. The van der Waals surface area contributed by atoms with Crippen molar-refractivity contribution in [2.45, 2.75) is 67.3 Å². The molecule has 3 aromatic rings. The van der Waals surface area contributed by atoms with Gasteiger partial charge in [0.2, 0.25) is 5.88 Å². The molecule has 1 aliphatic rings. The van der Waals surface area contributed by atoms with E-state index in [1.54, 1.807) is 6.07 Å². The fraction of sp³-hybridized carbons (Fsp3) is 0.481. The molecule has 1 aliphatic heterocycles. The maximum Gasteiger partial charge on any atom is 0.202 e. The van der Waals surface area contributed by atoms with Crippen LogP contribution in [-0.4, -0.2) is 18.1 Å². The zero-order valence-electron chi connectivity index (χ0n) is 21.2. The van der Waals surface area contributed by atoms with E-state index in [0.29, 0.717) is 37.6 Å². The molecule has 0 amide bonds. The average molecular weight is 549 g/mol. The minimum absolute atomic E-state index is 0.0394. The van der Waals surface area contributed by atoms with Gasteiger partial charge in [-0.1, -0.05) is 45.4 Å². The first-order chi connectivity index (χ1) is 16.1. The van der Waals surface area contributed by atoms with Crippen LogP contribution >= 0.6 is 27.5 Å². The van der Waals surface area contributed by atoms with Crippen LogP contribution in [0.4, 0.5) is 11.6 Å². The van der Waals surface area contributed by atoms with E-state index in [2.05, 4.69) is 58.0 Å². The van der Waals surface area contributed by atoms with Crippen LogP contribution in [0.25, 0.3) is 11.0 Å². The van der Waals surface area contributed by atoms with E-state index in [-0.39, 0.29) is 11.5 Å². The Balaban J connectivity index is 0.00000158. The third-order valence-electron chi connectivity index (χ3n) is 6.42. The number of hydrogen-bond donors (Lipinski definition) is 1. The Morgan fingerprint density at radius 3 is 2.44 bits per heavy atom. The molecule has 0 bridgehead atoms. The van der Waals surface area contributed by atoms with Crippen molar-refractivity contribution in [1.82, 2.24) is 4.98 Å². The molecule has 7 heteroatoms. The summed E-state index contributed by atoms with van der Waals surface area (Å²) in [5.74, 6) is 0.699. The highest BCUT2D eigenvalue weighted by atomic mass is 79.9. The lowest BCUT2D eigenvalue weighted by Crippen LogP contribution is -2.38. The lowest BCUT2D eigenvalue weighted by atomic mass is 9.82. The van der Waals surface area contributed by atoms with Crippen LogP contribution in [-0.2, 0) is 0 Å². The Hall–Kier alpha value is -2.05. The number of pyridine rings is 1. The first-order valence-electron chi connectivity index (χ1n) is 12.0. The van der Waals surface area contributed by atoms with Gasteiger partial charge in [-0.05, 0) is 78.7 Å². The van der Waals surface area contributed by atoms with Crippen molar-refractivity contribution >= 4 is 50.1 Å². The molecule has 184 valence electrons. The molecular formula is C27H35BrClN3O2. The van der Waals surface area contributed by atoms with E-state index in [0.717, 1.165) is 42.7 Å². The summed E-state index contributed by atoms with van der Waals surface area (Å²) < 4.78 is 7.15. The van der Waals surface area contributed by atoms with Crippen molar-refractivity contribution in [2.24, 2.45) is 5.41 Å². The van der Waals surface area contributed by atoms with E-state index < -0.39 is 0 Å². The Labute approximate surface area is 216 Å². The number of rotatable bonds is 4. The summed E-state index contributed by atoms with van der Waals surface area (Å²) in [5.41, 5.74) is 4.47. The minimum Gasteiger partial charge on any atom is -0.440 e. The molecule has 1 aromatic carbocycles. The van der Waals surface area contributed by atoms with E-state index in [1.807, 2.05) is 39.8 Å². The van der Waals surface area contributed by atoms with Crippen LogP contribution in [0.3, 0.4) is 0 Å². The number of hydrogen-bond acceptors (Lipinski definition) is 5. The van der Waals surface area contributed by atoms with Crippen LogP contribution in [0.1, 0.15) is 70.2 Å². The summed E-state index contributed by atoms with van der Waals surface area (Å²) in [7, 11) is 0. The predicted molar refractivity (Wildman–Crippen MR) is 148 cm³/mol. The van der Waals surface area contributed by atoms with E-state index in [9.17, 15) is 4.79 Å². The van der Waals surface area contributed by atoms with Crippen molar-refractivity contribution in [2.75, 3.05) is 23.3 Å². The van der Waals surface area contributed by atoms with Gasteiger partial charge in [0.25, 0.3) is 0 Å². The number of anilines is 2. The Morgan fingerprint density at radius 2 is 1.82 bits per heavy atom. The van der Waals surface area contributed by atoms with Gasteiger partial charge < -0.3 is 14.6 Å². The van der Waals surface area contributed by atoms with Gasteiger partial charge in [0.05, 0.1) is 22.7 Å². The quantitative estimate of drug-likeness (QED) is 0.334. The summed E-state index contributed by atoms with van der Waals surface area (Å²) in [4.78, 5) is 19.8. The maximum absolute atomic E-state index is 13.4. The molecule has 3 heterocycles. The highest BCUT2D eigenvalue weighted by Crippen LogP contribution is 2.36. The minimum atomic E-state index is -0.115. The molecule has 2 aromatic heterocycles. The number of halogens is 2. The normalized spacial score (nSPS) is 16.1. The first-order valence-corrected chi connectivity index (χ1v) is 13.1. The predicted octanol–water partition coefficient (Wildman–Crippen LogP) is 8.05. The van der Waals surface area contributed by atoms with Gasteiger partial charge >= 0.3 is 0 Å². The van der Waals surface area contributed by atoms with Gasteiger partial charge in [-0.3, -0.25) is 4.79 Å². The molecule has 1 fully saturated rings. The molecule has 4 rings (SSSR count). The topological polar surface area (TPSA) is 58.4 Å². The van der Waals surface area contributed by atoms with Gasteiger partial charge in [0.1, 0.15) is 15.3 Å². The molecule has 0 spiro atoms. The molecule has 1 unspecified atom stereocenters. The molecule has 0 aliphatic carbocycles. The highest BCUT2D eigenvalue weighted by Gasteiger charge is 2.28. The smallest absolute Gasteiger partial charge is 0.202 e. The molecular weight excluding hydrogens is 514 g/mol. The van der Waals surface area contributed by atoms with Gasteiger partial charge in [0.15, 0.2) is 5.43 Å². The van der Waals surface area contributed by atoms with Crippen LogP contribution in [0.2, 0.25) is 5.15 Å². The monoisotopic (exact) mass is 547 g/mol. The lowest BCUT2D eigenvalue weighted by Gasteiger charge is -2.37. The van der Waals surface area contributed by atoms with E-state index in [1.165, 1.54) is 0 Å². The van der Waals surface area contributed by atoms with Crippen LogP contribution in [0, 0.1) is 19.3 Å². The van der Waals surface area contributed by atoms with Crippen LogP contribution < -0.4 is 15.6 Å². The average Bonchev–Trinajstić information content (AvgIpc) is 2.79. The second kappa shape index (κ2) is 10.7. The van der Waals surface area contributed by atoms with Crippen LogP contribution in [0.5, 0.6) is 0 Å². The molecule has 1 atom stereocenters. The zero-order chi connectivity index (χ0) is 25.2. The first kappa shape index (κ1) is 26.6. The molecule has 1 saturated heterocycles. The zero-order valence-corrected chi connectivity index (χ0v) is 23.5. The van der Waals surface area contributed by atoms with E-state index >= 15 is 0 Å². The summed E-state index contributed by atoms with van der Waals surface area (Å²) in [6.07, 6.45) is 2.15. The SMILES string of the molecule is CC.Cc1cc(C(C)Nc2ccc(Cl)nc2Br)c2oc(N3CCC(C)(C)CC3)c(C)c(=O)c2c1. The van der Waals surface area contributed by atoms with Gasteiger partial charge in [-0.2, -0.15) is 0 Å². The van der Waals surface area contributed by atoms with E-state index in [4.69, 9.17) is 16.0 Å². The van der Waals surface area contributed by atoms with Gasteiger partial charge in [-0.15, -0.1) is 0 Å². The van der Waals surface area contributed by atoms with Crippen molar-refractivity contribution in [3.63, 3.8) is 0 Å². The summed E-state index contributed by atoms with van der Waals surface area (Å²) >= 11 is 9.46. The largest absolute Gasteiger partial charge is 0.440 e. The number of aryl methyl sites for hydroxylation is 1. The summed E-state index contributed by atoms with van der Waals surface area (Å²) in [6, 6.07) is 7.52. The van der Waals surface area contributed by atoms with Gasteiger partial charge in [0, 0.05) is 18.7 Å². The van der Waals surface area contributed by atoms with Crippen molar-refractivity contribution in [1.29, 1.82) is 0 Å². The number of nitrogens with zero attached hydrogens (tertiary/aromatic N) is 2. The molecule has 0 radical (unpaired) electrons. The summed E-state index contributed by atoms with van der Waals surface area (Å²) in [5, 5.41) is 4.52. The molecule has 0 saturated carbocycles. The third kappa shape index (κ3) is 5.60. The molecule has 5 nitrogen and oxygen atoms in total. The second-order valence-electron chi connectivity index (χ2n) is 9.58. The molecule has 34 heavy (non-hydrogen) atoms. The number of aromatic nitrogens is 1. The Morgan fingerprint density at radius 1 is 1.18 bits per heavy atom. The number of fused-ring (bicyclic) bond motifs is 1. The summed E-state index contributed by atoms with van der Waals surface area (Å²) in [6.45, 7) is 16.3. The Bertz CT molecular complexity index is 1230.